The first-order valence-electron chi connectivity index (χ1n) is 26.4. The Labute approximate surface area is 442 Å². The van der Waals surface area contributed by atoms with E-state index in [9.17, 15) is 0 Å². The monoisotopic (exact) mass is 960 g/mol. The largest absolute Gasteiger partial charge is 0.0622 e. The summed E-state index contributed by atoms with van der Waals surface area (Å²) in [4.78, 5) is 0. The summed E-state index contributed by atoms with van der Waals surface area (Å²) in [5.41, 5.74) is 17.4. The lowest BCUT2D eigenvalue weighted by Gasteiger charge is -2.18. The van der Waals surface area contributed by atoms with Crippen LogP contribution in [-0.4, -0.2) is 0 Å². The molecule has 0 nitrogen and oxygen atoms in total. The number of hydrogen-bond acceptors (Lipinski definition) is 0. The van der Waals surface area contributed by atoms with Gasteiger partial charge in [0.25, 0.3) is 0 Å². The highest BCUT2D eigenvalue weighted by Crippen LogP contribution is 2.46. The topological polar surface area (TPSA) is 0 Å². The van der Waals surface area contributed by atoms with Crippen molar-refractivity contribution in [2.45, 2.75) is 0 Å². The van der Waals surface area contributed by atoms with E-state index in [1.165, 1.54) is 153 Å². The van der Waals surface area contributed by atoms with Crippen LogP contribution in [0.4, 0.5) is 0 Å². The molecule has 0 heteroatoms. The predicted octanol–water partition coefficient (Wildman–Crippen LogP) is 21.4. The zero-order valence-corrected chi connectivity index (χ0v) is 41.7. The van der Waals surface area contributed by atoms with E-state index in [-0.39, 0.29) is 0 Å². The molecule has 0 N–H and O–H groups in total. The van der Waals surface area contributed by atoms with Gasteiger partial charge in [-0.3, -0.25) is 0 Å². The lowest BCUT2D eigenvalue weighted by Crippen LogP contribution is -1.90. The van der Waals surface area contributed by atoms with Crippen molar-refractivity contribution in [3.63, 3.8) is 0 Å². The SMILES string of the molecule is c1ccc(-c2c3ccccc3c(-c3ccc(-c4ccc5cc(-c6ccc7cc(-c8ccc9cc(-c%10c%11ccccc%11c(-c%11ccccc%11)c%11ccccc%10%11)ccc9c8)ccc7c6)ccc5c4)cc3)c3ccccc23)cc1. The maximum absolute atomic E-state index is 2.37. The Kier molecular flexibility index (Phi) is 10.3. The lowest BCUT2D eigenvalue weighted by atomic mass is 9.85. The molecule has 0 bridgehead atoms. The first-order valence-corrected chi connectivity index (χ1v) is 26.4. The zero-order valence-electron chi connectivity index (χ0n) is 41.7. The molecule has 0 radical (unpaired) electrons. The van der Waals surface area contributed by atoms with Crippen LogP contribution in [-0.2, 0) is 0 Å². The van der Waals surface area contributed by atoms with E-state index < -0.39 is 0 Å². The van der Waals surface area contributed by atoms with Crippen molar-refractivity contribution in [3.8, 4) is 77.9 Å². The summed E-state index contributed by atoms with van der Waals surface area (Å²) in [6, 6.07) is 108. The van der Waals surface area contributed by atoms with E-state index >= 15 is 0 Å². The quantitative estimate of drug-likeness (QED) is 0.140. The van der Waals surface area contributed by atoms with E-state index in [2.05, 4.69) is 291 Å². The van der Waals surface area contributed by atoms with Crippen LogP contribution in [0.15, 0.2) is 291 Å². The summed E-state index contributed by atoms with van der Waals surface area (Å²) in [5.74, 6) is 0. The van der Waals surface area contributed by atoms with Gasteiger partial charge in [0.1, 0.15) is 0 Å². The van der Waals surface area contributed by atoms with E-state index in [1.807, 2.05) is 0 Å². The Balaban J connectivity index is 0.701. The van der Waals surface area contributed by atoms with Crippen LogP contribution in [0.3, 0.4) is 0 Å². The summed E-state index contributed by atoms with van der Waals surface area (Å²) < 4.78 is 0. The number of benzene rings is 15. The first-order chi connectivity index (χ1) is 37.7. The molecule has 76 heavy (non-hydrogen) atoms. The maximum atomic E-state index is 2.37. The number of fused-ring (bicyclic) bond motifs is 7. The summed E-state index contributed by atoms with van der Waals surface area (Å²) in [7, 11) is 0. The molecule has 0 aliphatic rings. The van der Waals surface area contributed by atoms with Gasteiger partial charge in [-0.15, -0.1) is 0 Å². The zero-order chi connectivity index (χ0) is 50.1. The first kappa shape index (κ1) is 43.7. The van der Waals surface area contributed by atoms with Gasteiger partial charge in [0.05, 0.1) is 0 Å². The lowest BCUT2D eigenvalue weighted by molar-refractivity contribution is 1.62. The maximum Gasteiger partial charge on any atom is -0.00262 e. The normalized spacial score (nSPS) is 11.7. The molecule has 15 aromatic rings. The van der Waals surface area contributed by atoms with Gasteiger partial charge in [-0.2, -0.15) is 0 Å². The average molecular weight is 961 g/mol. The standard InChI is InChI=1S/C76H48/c1-3-15-50(16-4-1)73-65-19-7-9-21-67(65)75(68-22-10-8-20-66(68)73)52-29-27-49(28-30-52)53-31-32-55-44-56(34-33-54(55)43-53)57-35-36-59-46-60(38-37-58(59)45-57)61-39-40-63-48-64(42-41-62(63)47-61)76-71-25-13-11-23-69(71)74(51-17-5-2-6-18-51)70-24-12-14-26-72(70)76/h1-48H. The molecule has 0 atom stereocenters. The average Bonchev–Trinajstić information content (AvgIpc) is 3.58. The van der Waals surface area contributed by atoms with Gasteiger partial charge in [-0.25, -0.2) is 0 Å². The third kappa shape index (κ3) is 7.37. The van der Waals surface area contributed by atoms with Crippen molar-refractivity contribution in [2.24, 2.45) is 0 Å². The predicted molar refractivity (Wildman–Crippen MR) is 327 cm³/mol. The van der Waals surface area contributed by atoms with Crippen LogP contribution >= 0.6 is 0 Å². The van der Waals surface area contributed by atoms with Crippen LogP contribution in [0.5, 0.6) is 0 Å². The van der Waals surface area contributed by atoms with E-state index in [0.29, 0.717) is 0 Å². The molecule has 0 saturated carbocycles. The van der Waals surface area contributed by atoms with Crippen molar-refractivity contribution in [2.75, 3.05) is 0 Å². The Bertz CT molecular complexity index is 4660. The third-order valence-electron chi connectivity index (χ3n) is 16.0. The van der Waals surface area contributed by atoms with Gasteiger partial charge in [0.2, 0.25) is 0 Å². The summed E-state index contributed by atoms with van der Waals surface area (Å²) in [5, 5.41) is 17.6. The van der Waals surface area contributed by atoms with Crippen molar-refractivity contribution in [1.82, 2.24) is 0 Å². The van der Waals surface area contributed by atoms with Crippen LogP contribution in [0.1, 0.15) is 0 Å². The second kappa shape index (κ2) is 18.0. The van der Waals surface area contributed by atoms with E-state index in [1.54, 1.807) is 0 Å². The minimum absolute atomic E-state index is 1.21. The Hall–Kier alpha value is -9.88. The minimum Gasteiger partial charge on any atom is -0.0622 e. The second-order valence-electron chi connectivity index (χ2n) is 20.3. The van der Waals surface area contributed by atoms with E-state index in [0.717, 1.165) is 0 Å². The molecule has 0 aromatic heterocycles. The molecule has 0 aliphatic heterocycles. The summed E-state index contributed by atoms with van der Waals surface area (Å²) in [6.07, 6.45) is 0. The number of hydrogen-bond donors (Lipinski definition) is 0. The van der Waals surface area contributed by atoms with Crippen LogP contribution in [0, 0.1) is 0 Å². The van der Waals surface area contributed by atoms with Gasteiger partial charge in [0.15, 0.2) is 0 Å². The van der Waals surface area contributed by atoms with Crippen LogP contribution in [0.2, 0.25) is 0 Å². The molecule has 0 amide bonds. The van der Waals surface area contributed by atoms with Gasteiger partial charge in [-0.1, -0.05) is 255 Å². The molecule has 15 aromatic carbocycles. The van der Waals surface area contributed by atoms with Gasteiger partial charge < -0.3 is 0 Å². The highest BCUT2D eigenvalue weighted by molar-refractivity contribution is 6.23. The molecule has 0 fully saturated rings. The van der Waals surface area contributed by atoms with Crippen LogP contribution < -0.4 is 0 Å². The van der Waals surface area contributed by atoms with Crippen molar-refractivity contribution in [1.29, 1.82) is 0 Å². The summed E-state index contributed by atoms with van der Waals surface area (Å²) in [6.45, 7) is 0. The molecule has 0 spiro atoms. The fourth-order valence-electron chi connectivity index (χ4n) is 12.3. The molecule has 0 heterocycles. The summed E-state index contributed by atoms with van der Waals surface area (Å²) >= 11 is 0. The minimum atomic E-state index is 1.21. The smallest absolute Gasteiger partial charge is 0.00262 e. The fraction of sp³-hybridized carbons (Fsp3) is 0. The van der Waals surface area contributed by atoms with Gasteiger partial charge in [0, 0.05) is 0 Å². The van der Waals surface area contributed by atoms with Crippen molar-refractivity contribution < 1.29 is 0 Å². The molecular formula is C76H48. The second-order valence-corrected chi connectivity index (χ2v) is 20.3. The van der Waals surface area contributed by atoms with Crippen molar-refractivity contribution >= 4 is 75.4 Å². The Morgan fingerprint density at radius 2 is 0.303 bits per heavy atom. The molecule has 15 rings (SSSR count). The molecule has 0 unspecified atom stereocenters. The van der Waals surface area contributed by atoms with Crippen molar-refractivity contribution in [3.05, 3.63) is 291 Å². The molecule has 352 valence electrons. The highest BCUT2D eigenvalue weighted by atomic mass is 14.2. The molecular weight excluding hydrogens is 913 g/mol. The van der Waals surface area contributed by atoms with Gasteiger partial charge in [-0.05, 0) is 190 Å². The van der Waals surface area contributed by atoms with Gasteiger partial charge >= 0.3 is 0 Å². The van der Waals surface area contributed by atoms with E-state index in [4.69, 9.17) is 0 Å². The Morgan fingerprint density at radius 1 is 0.118 bits per heavy atom. The molecule has 0 aliphatic carbocycles. The fourth-order valence-corrected chi connectivity index (χ4v) is 12.3. The molecule has 0 saturated heterocycles. The number of rotatable bonds is 7. The highest BCUT2D eigenvalue weighted by Gasteiger charge is 2.19. The van der Waals surface area contributed by atoms with Crippen LogP contribution in [0.25, 0.3) is 153 Å². The Morgan fingerprint density at radius 3 is 0.592 bits per heavy atom. The third-order valence-corrected chi connectivity index (χ3v) is 16.0.